The molecule has 1 atom stereocenters. The van der Waals surface area contributed by atoms with Gasteiger partial charge in [0.25, 0.3) is 0 Å². The number of ketones is 1. The van der Waals surface area contributed by atoms with Crippen LogP contribution in [0.5, 0.6) is 0 Å². The van der Waals surface area contributed by atoms with Crippen molar-refractivity contribution in [2.24, 2.45) is 4.99 Å². The van der Waals surface area contributed by atoms with Crippen LogP contribution >= 0.6 is 0 Å². The van der Waals surface area contributed by atoms with Gasteiger partial charge in [-0.25, -0.2) is 0 Å². The predicted molar refractivity (Wildman–Crippen MR) is 126 cm³/mol. The number of hydrogen-bond donors (Lipinski definition) is 2. The number of carbonyl (C=O) groups excluding carboxylic acids is 3. The summed E-state index contributed by atoms with van der Waals surface area (Å²) < 4.78 is 0. The summed E-state index contributed by atoms with van der Waals surface area (Å²) >= 11 is 0. The van der Waals surface area contributed by atoms with Crippen LogP contribution in [0.4, 0.5) is 11.4 Å². The van der Waals surface area contributed by atoms with Gasteiger partial charge in [-0.1, -0.05) is 12.1 Å². The van der Waals surface area contributed by atoms with Crippen molar-refractivity contribution in [1.82, 2.24) is 4.90 Å². The highest BCUT2D eigenvalue weighted by Crippen LogP contribution is 2.37. The summed E-state index contributed by atoms with van der Waals surface area (Å²) in [7, 11) is 2.10. The largest absolute Gasteiger partial charge is 0.326 e. The van der Waals surface area contributed by atoms with Crippen molar-refractivity contribution >= 4 is 34.7 Å². The molecule has 2 aliphatic rings. The van der Waals surface area contributed by atoms with Crippen molar-refractivity contribution in [3.63, 3.8) is 0 Å². The number of amides is 2. The number of Topliss-reactive ketones (excluding diaryl/α,β-unsaturated/α-hetero) is 1. The lowest BCUT2D eigenvalue weighted by atomic mass is 9.88. The van der Waals surface area contributed by atoms with E-state index in [1.54, 1.807) is 18.2 Å². The fourth-order valence-corrected chi connectivity index (χ4v) is 4.35. The van der Waals surface area contributed by atoms with Gasteiger partial charge in [0, 0.05) is 23.9 Å². The van der Waals surface area contributed by atoms with Crippen LogP contribution in [0.3, 0.4) is 0 Å². The third-order valence-electron chi connectivity index (χ3n) is 6.05. The van der Waals surface area contributed by atoms with Gasteiger partial charge in [-0.15, -0.1) is 0 Å². The third-order valence-corrected chi connectivity index (χ3v) is 6.05. The molecular weight excluding hydrogens is 404 g/mol. The molecule has 2 amide bonds. The number of nitrogens with one attached hydrogen (secondary N) is 2. The quantitative estimate of drug-likeness (QED) is 0.559. The van der Waals surface area contributed by atoms with Crippen LogP contribution in [-0.4, -0.2) is 54.4 Å². The van der Waals surface area contributed by atoms with Gasteiger partial charge in [0.15, 0.2) is 5.78 Å². The Bertz CT molecular complexity index is 1100. The molecule has 2 N–H and O–H groups in total. The summed E-state index contributed by atoms with van der Waals surface area (Å²) in [5.74, 6) is -0.979. The van der Waals surface area contributed by atoms with Gasteiger partial charge in [-0.2, -0.15) is 0 Å². The van der Waals surface area contributed by atoms with E-state index >= 15 is 0 Å². The monoisotopic (exact) mass is 432 g/mol. The Hall–Kier alpha value is -3.32. The van der Waals surface area contributed by atoms with E-state index in [9.17, 15) is 14.4 Å². The van der Waals surface area contributed by atoms with Crippen LogP contribution in [0.25, 0.3) is 0 Å². The lowest BCUT2D eigenvalue weighted by molar-refractivity contribution is -0.116. The molecule has 7 heteroatoms. The number of hydrogen-bond acceptors (Lipinski definition) is 5. The minimum atomic E-state index is -0.614. The van der Waals surface area contributed by atoms with Crippen LogP contribution < -0.4 is 10.6 Å². The first-order chi connectivity index (χ1) is 15.3. The average Bonchev–Trinajstić information content (AvgIpc) is 3.08. The molecule has 1 fully saturated rings. The number of carbonyl (C=O) groups is 3. The molecule has 0 radical (unpaired) electrons. The van der Waals surface area contributed by atoms with Gasteiger partial charge < -0.3 is 15.5 Å². The van der Waals surface area contributed by atoms with Crippen molar-refractivity contribution in [2.75, 3.05) is 30.8 Å². The van der Waals surface area contributed by atoms with E-state index in [0.29, 0.717) is 22.6 Å². The number of rotatable bonds is 5. The van der Waals surface area contributed by atoms with Gasteiger partial charge >= 0.3 is 0 Å². The van der Waals surface area contributed by atoms with E-state index in [2.05, 4.69) is 22.6 Å². The smallest absolute Gasteiger partial charge is 0.238 e. The summed E-state index contributed by atoms with van der Waals surface area (Å²) in [6.07, 6.45) is 1.83. The average molecular weight is 433 g/mol. The number of benzene rings is 2. The number of anilines is 2. The number of piperidine rings is 1. The van der Waals surface area contributed by atoms with Crippen LogP contribution in [0.2, 0.25) is 0 Å². The maximum absolute atomic E-state index is 13.1. The molecule has 2 aromatic carbocycles. The van der Waals surface area contributed by atoms with Gasteiger partial charge in [-0.3, -0.25) is 19.4 Å². The molecule has 166 valence electrons. The maximum Gasteiger partial charge on any atom is 0.238 e. The van der Waals surface area contributed by atoms with Crippen molar-refractivity contribution in [1.29, 1.82) is 0 Å². The SMILES string of the molecule is CC(=O)Nc1cccc(C(=NC2CCN(C)CC2)C2C(=O)Nc3ccc(C(C)=O)cc32)c1. The molecule has 4 rings (SSSR count). The Morgan fingerprint density at radius 3 is 2.50 bits per heavy atom. The fraction of sp³-hybridized carbons (Fsp3) is 0.360. The topological polar surface area (TPSA) is 90.9 Å². The molecule has 1 unspecified atom stereocenters. The van der Waals surface area contributed by atoms with Crippen molar-refractivity contribution in [3.05, 3.63) is 59.2 Å². The summed E-state index contributed by atoms with van der Waals surface area (Å²) in [5.41, 5.74) is 4.15. The highest BCUT2D eigenvalue weighted by Gasteiger charge is 2.36. The second-order valence-corrected chi connectivity index (χ2v) is 8.59. The lowest BCUT2D eigenvalue weighted by Gasteiger charge is -2.28. The molecule has 2 heterocycles. The molecule has 0 aliphatic carbocycles. The minimum Gasteiger partial charge on any atom is -0.326 e. The molecule has 1 saturated heterocycles. The van der Waals surface area contributed by atoms with Gasteiger partial charge in [0.1, 0.15) is 5.92 Å². The second kappa shape index (κ2) is 9.04. The number of fused-ring (bicyclic) bond motifs is 1. The van der Waals surface area contributed by atoms with Gasteiger partial charge in [0.2, 0.25) is 11.8 Å². The summed E-state index contributed by atoms with van der Waals surface area (Å²) in [5, 5.41) is 5.75. The highest BCUT2D eigenvalue weighted by molar-refractivity contribution is 6.24. The first-order valence-electron chi connectivity index (χ1n) is 10.9. The fourth-order valence-electron chi connectivity index (χ4n) is 4.35. The number of aliphatic imine (C=N–C) groups is 1. The Labute approximate surface area is 187 Å². The molecule has 0 bridgehead atoms. The van der Waals surface area contributed by atoms with Crippen molar-refractivity contribution in [2.45, 2.75) is 38.6 Å². The summed E-state index contributed by atoms with van der Waals surface area (Å²) in [6, 6.07) is 12.9. The zero-order valence-electron chi connectivity index (χ0n) is 18.6. The van der Waals surface area contributed by atoms with Crippen LogP contribution in [0, 0.1) is 0 Å². The molecule has 2 aliphatic heterocycles. The highest BCUT2D eigenvalue weighted by atomic mass is 16.2. The molecule has 32 heavy (non-hydrogen) atoms. The van der Waals surface area contributed by atoms with E-state index in [1.807, 2.05) is 24.3 Å². The molecule has 0 aromatic heterocycles. The molecule has 7 nitrogen and oxygen atoms in total. The maximum atomic E-state index is 13.1. The first-order valence-corrected chi connectivity index (χ1v) is 10.9. The van der Waals surface area contributed by atoms with Crippen LogP contribution in [-0.2, 0) is 9.59 Å². The van der Waals surface area contributed by atoms with E-state index in [0.717, 1.165) is 37.1 Å². The third kappa shape index (κ3) is 4.62. The van der Waals surface area contributed by atoms with Gasteiger partial charge in [-0.05, 0) is 81.4 Å². The Kier molecular flexibility index (Phi) is 6.19. The molecule has 0 spiro atoms. The lowest BCUT2D eigenvalue weighted by Crippen LogP contribution is -2.33. The number of nitrogens with zero attached hydrogens (tertiary/aromatic N) is 2. The van der Waals surface area contributed by atoms with Crippen LogP contribution in [0.1, 0.15) is 54.1 Å². The van der Waals surface area contributed by atoms with Crippen molar-refractivity contribution < 1.29 is 14.4 Å². The standard InChI is InChI=1S/C25H28N4O3/c1-15(30)17-7-8-22-21(14-17)23(25(32)28-22)24(27-19-9-11-29(3)12-10-19)18-5-4-6-20(13-18)26-16(2)31/h4-8,13-14,19,23H,9-12H2,1-3H3,(H,26,31)(H,28,32). The first kappa shape index (κ1) is 21.9. The van der Waals surface area contributed by atoms with E-state index in [4.69, 9.17) is 4.99 Å². The second-order valence-electron chi connectivity index (χ2n) is 8.59. The molecular formula is C25H28N4O3. The minimum absolute atomic E-state index is 0.0487. The normalized spacial score (nSPS) is 19.4. The summed E-state index contributed by atoms with van der Waals surface area (Å²) in [6.45, 7) is 4.89. The van der Waals surface area contributed by atoms with Crippen molar-refractivity contribution in [3.8, 4) is 0 Å². The van der Waals surface area contributed by atoms with E-state index in [-0.39, 0.29) is 23.6 Å². The zero-order valence-corrected chi connectivity index (χ0v) is 18.6. The predicted octanol–water partition coefficient (Wildman–Crippen LogP) is 3.47. The Morgan fingerprint density at radius 2 is 1.81 bits per heavy atom. The molecule has 2 aromatic rings. The van der Waals surface area contributed by atoms with Gasteiger partial charge in [0.05, 0.1) is 11.8 Å². The molecule has 0 saturated carbocycles. The van der Waals surface area contributed by atoms with E-state index in [1.165, 1.54) is 13.8 Å². The Morgan fingerprint density at radius 1 is 1.06 bits per heavy atom. The van der Waals surface area contributed by atoms with Crippen LogP contribution in [0.15, 0.2) is 47.5 Å². The van der Waals surface area contributed by atoms with E-state index < -0.39 is 5.92 Å². The Balaban J connectivity index is 1.80. The zero-order chi connectivity index (χ0) is 22.8. The number of likely N-dealkylation sites (tertiary alicyclic amines) is 1. The summed E-state index contributed by atoms with van der Waals surface area (Å²) in [4.78, 5) is 44.1.